The second-order valence-electron chi connectivity index (χ2n) is 9.18. The first kappa shape index (κ1) is 18.8. The maximum Gasteiger partial charge on any atom is 0.274 e. The van der Waals surface area contributed by atoms with Gasteiger partial charge >= 0.3 is 0 Å². The summed E-state index contributed by atoms with van der Waals surface area (Å²) in [4.78, 5) is 18.9. The van der Waals surface area contributed by atoms with Crippen LogP contribution < -0.4 is 0 Å². The van der Waals surface area contributed by atoms with E-state index >= 15 is 0 Å². The lowest BCUT2D eigenvalue weighted by atomic mass is 9.98. The van der Waals surface area contributed by atoms with E-state index in [4.69, 9.17) is 5.10 Å². The molecule has 2 aromatic heterocycles. The van der Waals surface area contributed by atoms with Gasteiger partial charge in [0.05, 0.1) is 11.6 Å². The Labute approximate surface area is 166 Å². The molecule has 4 rings (SSSR count). The lowest BCUT2D eigenvalue weighted by Crippen LogP contribution is -2.39. The molecule has 0 radical (unpaired) electrons. The van der Waals surface area contributed by atoms with E-state index in [1.807, 2.05) is 21.7 Å². The number of H-pyrrole nitrogens is 1. The second kappa shape index (κ2) is 6.50. The van der Waals surface area contributed by atoms with Crippen LogP contribution in [0.5, 0.6) is 0 Å². The van der Waals surface area contributed by atoms with Crippen molar-refractivity contribution < 1.29 is 4.79 Å². The molecule has 1 unspecified atom stereocenters. The van der Waals surface area contributed by atoms with Crippen LogP contribution in [0.4, 0.5) is 0 Å². The van der Waals surface area contributed by atoms with Gasteiger partial charge in [0.1, 0.15) is 0 Å². The fourth-order valence-electron chi connectivity index (χ4n) is 4.30. The van der Waals surface area contributed by atoms with Gasteiger partial charge in [-0.1, -0.05) is 32.0 Å². The van der Waals surface area contributed by atoms with Crippen LogP contribution in [0.1, 0.15) is 80.9 Å². The molecule has 1 N–H and O–H groups in total. The predicted molar refractivity (Wildman–Crippen MR) is 113 cm³/mol. The quantitative estimate of drug-likeness (QED) is 0.682. The number of rotatable bonds is 2. The van der Waals surface area contributed by atoms with Crippen molar-refractivity contribution in [1.82, 2.24) is 19.7 Å². The minimum Gasteiger partial charge on any atom is -0.356 e. The monoisotopic (exact) mass is 378 g/mol. The Morgan fingerprint density at radius 3 is 2.61 bits per heavy atom. The average Bonchev–Trinajstić information content (AvgIpc) is 3.24. The van der Waals surface area contributed by atoms with Crippen LogP contribution in [0, 0.1) is 0 Å². The molecule has 0 saturated heterocycles. The van der Waals surface area contributed by atoms with Gasteiger partial charge in [0.15, 0.2) is 5.69 Å². The second-order valence-corrected chi connectivity index (χ2v) is 9.18. The Kier molecular flexibility index (Phi) is 4.36. The first-order valence-corrected chi connectivity index (χ1v) is 10.2. The summed E-state index contributed by atoms with van der Waals surface area (Å²) >= 11 is 0. The van der Waals surface area contributed by atoms with E-state index in [0.29, 0.717) is 18.2 Å². The smallest absolute Gasteiger partial charge is 0.274 e. The van der Waals surface area contributed by atoms with Gasteiger partial charge in [-0.2, -0.15) is 5.10 Å². The van der Waals surface area contributed by atoms with Crippen molar-refractivity contribution in [2.45, 2.75) is 65.5 Å². The number of carbonyl (C=O) groups is 1. The van der Waals surface area contributed by atoms with E-state index in [-0.39, 0.29) is 17.5 Å². The van der Waals surface area contributed by atoms with Crippen molar-refractivity contribution in [3.05, 3.63) is 53.0 Å². The zero-order valence-corrected chi connectivity index (χ0v) is 17.7. The summed E-state index contributed by atoms with van der Waals surface area (Å²) in [5.41, 5.74) is 5.13. The van der Waals surface area contributed by atoms with Gasteiger partial charge < -0.3 is 9.88 Å². The summed E-state index contributed by atoms with van der Waals surface area (Å²) in [5.74, 6) is 0.328. The molecule has 0 spiro atoms. The minimum atomic E-state index is -0.157. The predicted octanol–water partition coefficient (Wildman–Crippen LogP) is 5.00. The number of aromatic nitrogens is 3. The highest BCUT2D eigenvalue weighted by Crippen LogP contribution is 2.35. The number of para-hydroxylation sites is 1. The number of amides is 1. The third-order valence-corrected chi connectivity index (χ3v) is 5.78. The van der Waals surface area contributed by atoms with Gasteiger partial charge in [0, 0.05) is 28.8 Å². The number of hydrogen-bond donors (Lipinski definition) is 1. The van der Waals surface area contributed by atoms with Crippen LogP contribution in [-0.2, 0) is 12.0 Å². The van der Waals surface area contributed by atoms with Gasteiger partial charge in [-0.15, -0.1) is 0 Å². The summed E-state index contributed by atoms with van der Waals surface area (Å²) in [6, 6.07) is 10.4. The van der Waals surface area contributed by atoms with E-state index < -0.39 is 0 Å². The molecule has 3 heterocycles. The zero-order valence-electron chi connectivity index (χ0n) is 17.7. The lowest BCUT2D eigenvalue weighted by molar-refractivity contribution is 0.0667. The summed E-state index contributed by atoms with van der Waals surface area (Å²) in [5, 5.41) is 6.00. The fraction of sp³-hybridized carbons (Fsp3) is 0.478. The Morgan fingerprint density at radius 1 is 1.25 bits per heavy atom. The van der Waals surface area contributed by atoms with Gasteiger partial charge in [-0.05, 0) is 57.7 Å². The average molecular weight is 379 g/mol. The molecule has 1 aromatic carbocycles. The summed E-state index contributed by atoms with van der Waals surface area (Å²) in [7, 11) is 0. The molecule has 1 amide bonds. The maximum atomic E-state index is 13.4. The first-order valence-electron chi connectivity index (χ1n) is 10.2. The molecule has 0 saturated carbocycles. The summed E-state index contributed by atoms with van der Waals surface area (Å²) < 4.78 is 2.01. The molecule has 148 valence electrons. The first-order chi connectivity index (χ1) is 13.2. The highest BCUT2D eigenvalue weighted by molar-refractivity contribution is 5.93. The highest BCUT2D eigenvalue weighted by atomic mass is 16.2. The van der Waals surface area contributed by atoms with Crippen molar-refractivity contribution in [2.24, 2.45) is 0 Å². The lowest BCUT2D eigenvalue weighted by Gasteiger charge is -2.33. The molecule has 0 aliphatic carbocycles. The van der Waals surface area contributed by atoms with Crippen molar-refractivity contribution in [2.75, 3.05) is 6.54 Å². The summed E-state index contributed by atoms with van der Waals surface area (Å²) in [6.07, 6.45) is 0.868. The zero-order chi connectivity index (χ0) is 20.2. The van der Waals surface area contributed by atoms with Crippen molar-refractivity contribution in [3.63, 3.8) is 0 Å². The molecule has 1 aliphatic heterocycles. The molecular formula is C23H30N4O. The molecule has 1 atom stereocenters. The number of fused-ring (bicyclic) bond motifs is 3. The molecule has 1 aliphatic rings. The molecule has 3 aromatic rings. The molecular weight excluding hydrogens is 348 g/mol. The third kappa shape index (κ3) is 2.93. The van der Waals surface area contributed by atoms with Crippen LogP contribution in [-0.4, -0.2) is 32.1 Å². The van der Waals surface area contributed by atoms with E-state index in [1.165, 1.54) is 10.9 Å². The van der Waals surface area contributed by atoms with Gasteiger partial charge in [-0.3, -0.25) is 9.48 Å². The molecule has 28 heavy (non-hydrogen) atoms. The number of benzene rings is 1. The number of hydrogen-bond acceptors (Lipinski definition) is 2. The van der Waals surface area contributed by atoms with Crippen LogP contribution in [0.25, 0.3) is 10.9 Å². The van der Waals surface area contributed by atoms with Crippen LogP contribution in [0.3, 0.4) is 0 Å². The van der Waals surface area contributed by atoms with Crippen molar-refractivity contribution in [1.29, 1.82) is 0 Å². The molecule has 5 heteroatoms. The standard InChI is InChI=1S/C23H30N4O/c1-14(2)20-13-19(25-27(20)23(4,5)6)22(28)26-12-11-17-16-9-7-8-10-18(16)24-21(17)15(26)3/h7-10,13-15,24H,11-12H2,1-6H3. The summed E-state index contributed by atoms with van der Waals surface area (Å²) in [6.45, 7) is 13.5. The Morgan fingerprint density at radius 2 is 1.96 bits per heavy atom. The molecule has 0 fully saturated rings. The number of nitrogens with one attached hydrogen (secondary N) is 1. The van der Waals surface area contributed by atoms with Gasteiger partial charge in [0.25, 0.3) is 5.91 Å². The van der Waals surface area contributed by atoms with Crippen LogP contribution in [0.15, 0.2) is 30.3 Å². The number of nitrogens with zero attached hydrogens (tertiary/aromatic N) is 3. The van der Waals surface area contributed by atoms with Gasteiger partial charge in [0.2, 0.25) is 0 Å². The number of carbonyl (C=O) groups excluding carboxylic acids is 1. The SMILES string of the molecule is CC(C)c1cc(C(=O)N2CCc3c([nH]c4ccccc34)C2C)nn1C(C)(C)C. The van der Waals surface area contributed by atoms with Crippen LogP contribution in [0.2, 0.25) is 0 Å². The largest absolute Gasteiger partial charge is 0.356 e. The molecule has 0 bridgehead atoms. The van der Waals surface area contributed by atoms with Gasteiger partial charge in [-0.25, -0.2) is 0 Å². The number of aromatic amines is 1. The Balaban J connectivity index is 1.70. The van der Waals surface area contributed by atoms with E-state index in [9.17, 15) is 4.79 Å². The van der Waals surface area contributed by atoms with Crippen molar-refractivity contribution in [3.8, 4) is 0 Å². The van der Waals surface area contributed by atoms with E-state index in [1.54, 1.807) is 0 Å². The van der Waals surface area contributed by atoms with Crippen LogP contribution >= 0.6 is 0 Å². The molecule has 5 nitrogen and oxygen atoms in total. The van der Waals surface area contributed by atoms with E-state index in [2.05, 4.69) is 64.7 Å². The maximum absolute atomic E-state index is 13.4. The fourth-order valence-corrected chi connectivity index (χ4v) is 4.30. The Bertz CT molecular complexity index is 1030. The topological polar surface area (TPSA) is 53.9 Å². The van der Waals surface area contributed by atoms with Crippen molar-refractivity contribution >= 4 is 16.8 Å². The normalized spacial score (nSPS) is 17.4. The third-order valence-electron chi connectivity index (χ3n) is 5.78. The highest BCUT2D eigenvalue weighted by Gasteiger charge is 2.33. The minimum absolute atomic E-state index is 0.00550. The van der Waals surface area contributed by atoms with E-state index in [0.717, 1.165) is 23.3 Å². The Hall–Kier alpha value is -2.56.